The van der Waals surface area contributed by atoms with E-state index in [4.69, 9.17) is 4.52 Å². The zero-order valence-corrected chi connectivity index (χ0v) is 13.8. The molecule has 0 radical (unpaired) electrons. The Morgan fingerprint density at radius 1 is 1.29 bits per heavy atom. The first kappa shape index (κ1) is 15.9. The molecule has 3 aromatic rings. The molecular formula is C18H17FN4O. The van der Waals surface area contributed by atoms with Gasteiger partial charge in [-0.05, 0) is 44.9 Å². The third kappa shape index (κ3) is 2.81. The maximum Gasteiger partial charge on any atom is 0.137 e. The highest BCUT2D eigenvalue weighted by Gasteiger charge is 2.13. The Hall–Kier alpha value is -2.94. The standard InChI is InChI=1S/C18H17FN4O/c1-10-6-14(19)7-16-17(10)22-9-13(8-20)18(16)21-5-4-15-11(2)23-24-12(15)3/h6-7,9H,4-5H2,1-3H3,(H,21,22). The molecule has 0 bridgehead atoms. The van der Waals surface area contributed by atoms with Crippen molar-refractivity contribution in [2.24, 2.45) is 0 Å². The third-order valence-electron chi connectivity index (χ3n) is 4.11. The summed E-state index contributed by atoms with van der Waals surface area (Å²) in [6, 6.07) is 4.97. The Morgan fingerprint density at radius 3 is 2.75 bits per heavy atom. The van der Waals surface area contributed by atoms with E-state index >= 15 is 0 Å². The summed E-state index contributed by atoms with van der Waals surface area (Å²) < 4.78 is 19.0. The number of aromatic nitrogens is 2. The quantitative estimate of drug-likeness (QED) is 0.790. The molecule has 1 N–H and O–H groups in total. The summed E-state index contributed by atoms with van der Waals surface area (Å²) >= 11 is 0. The van der Waals surface area contributed by atoms with Crippen LogP contribution in [0, 0.1) is 37.9 Å². The van der Waals surface area contributed by atoms with E-state index in [0.29, 0.717) is 35.1 Å². The van der Waals surface area contributed by atoms with Crippen molar-refractivity contribution in [1.82, 2.24) is 10.1 Å². The van der Waals surface area contributed by atoms with Crippen LogP contribution in [0.15, 0.2) is 22.9 Å². The molecular weight excluding hydrogens is 307 g/mol. The summed E-state index contributed by atoms with van der Waals surface area (Å²) in [5, 5.41) is 17.1. The molecule has 6 heteroatoms. The SMILES string of the molecule is Cc1noc(C)c1CCNc1c(C#N)cnc2c(C)cc(F)cc12. The number of hydrogen-bond donors (Lipinski definition) is 1. The molecule has 0 aliphatic carbocycles. The first-order chi connectivity index (χ1) is 11.5. The van der Waals surface area contributed by atoms with Gasteiger partial charge < -0.3 is 9.84 Å². The van der Waals surface area contributed by atoms with Crippen LogP contribution in [0.1, 0.15) is 28.1 Å². The molecule has 5 nitrogen and oxygen atoms in total. The molecule has 0 unspecified atom stereocenters. The summed E-state index contributed by atoms with van der Waals surface area (Å²) in [5.41, 5.74) is 4.33. The summed E-state index contributed by atoms with van der Waals surface area (Å²) in [5.74, 6) is 0.446. The number of aryl methyl sites for hydroxylation is 3. The molecule has 0 amide bonds. The fourth-order valence-electron chi connectivity index (χ4n) is 2.88. The zero-order chi connectivity index (χ0) is 17.3. The van der Waals surface area contributed by atoms with Gasteiger partial charge in [0, 0.05) is 23.7 Å². The fourth-order valence-corrected chi connectivity index (χ4v) is 2.88. The topological polar surface area (TPSA) is 74.7 Å². The Bertz CT molecular complexity index is 936. The second-order valence-electron chi connectivity index (χ2n) is 5.76. The highest BCUT2D eigenvalue weighted by Crippen LogP contribution is 2.28. The van der Waals surface area contributed by atoms with Crippen molar-refractivity contribution < 1.29 is 8.91 Å². The summed E-state index contributed by atoms with van der Waals surface area (Å²) in [4.78, 5) is 4.29. The van der Waals surface area contributed by atoms with Crippen LogP contribution in [-0.4, -0.2) is 16.7 Å². The van der Waals surface area contributed by atoms with Crippen LogP contribution in [0.25, 0.3) is 10.9 Å². The molecule has 3 rings (SSSR count). The first-order valence-corrected chi connectivity index (χ1v) is 7.66. The van der Waals surface area contributed by atoms with E-state index in [9.17, 15) is 9.65 Å². The zero-order valence-electron chi connectivity index (χ0n) is 13.8. The molecule has 0 fully saturated rings. The lowest BCUT2D eigenvalue weighted by Crippen LogP contribution is -2.08. The van der Waals surface area contributed by atoms with Gasteiger partial charge in [-0.3, -0.25) is 4.98 Å². The maximum atomic E-state index is 13.8. The first-order valence-electron chi connectivity index (χ1n) is 7.66. The van der Waals surface area contributed by atoms with Gasteiger partial charge in [0.1, 0.15) is 17.6 Å². The van der Waals surface area contributed by atoms with Crippen molar-refractivity contribution in [2.45, 2.75) is 27.2 Å². The molecule has 0 atom stereocenters. The number of nitrogens with zero attached hydrogens (tertiary/aromatic N) is 3. The van der Waals surface area contributed by atoms with Gasteiger partial charge in [0.2, 0.25) is 0 Å². The number of fused-ring (bicyclic) bond motifs is 1. The average Bonchev–Trinajstić information content (AvgIpc) is 2.86. The van der Waals surface area contributed by atoms with Gasteiger partial charge in [-0.2, -0.15) is 5.26 Å². The predicted octanol–water partition coefficient (Wildman–Crippen LogP) is 3.81. The Morgan fingerprint density at radius 2 is 2.08 bits per heavy atom. The number of rotatable bonds is 4. The lowest BCUT2D eigenvalue weighted by molar-refractivity contribution is 0.392. The van der Waals surface area contributed by atoms with Gasteiger partial charge in [0.25, 0.3) is 0 Å². The summed E-state index contributed by atoms with van der Waals surface area (Å²) in [6.45, 7) is 6.15. The maximum absolute atomic E-state index is 13.8. The second-order valence-corrected chi connectivity index (χ2v) is 5.76. The number of hydrogen-bond acceptors (Lipinski definition) is 5. The van der Waals surface area contributed by atoms with Crippen LogP contribution in [-0.2, 0) is 6.42 Å². The van der Waals surface area contributed by atoms with Crippen molar-refractivity contribution in [2.75, 3.05) is 11.9 Å². The van der Waals surface area contributed by atoms with Crippen molar-refractivity contribution in [1.29, 1.82) is 5.26 Å². The molecule has 2 aromatic heterocycles. The number of benzene rings is 1. The van der Waals surface area contributed by atoms with Crippen molar-refractivity contribution in [3.05, 3.63) is 52.3 Å². The molecule has 0 saturated carbocycles. The molecule has 122 valence electrons. The number of nitrogens with one attached hydrogen (secondary N) is 1. The molecule has 24 heavy (non-hydrogen) atoms. The molecule has 1 aromatic carbocycles. The van der Waals surface area contributed by atoms with Gasteiger partial charge in [0.05, 0.1) is 22.5 Å². The van der Waals surface area contributed by atoms with E-state index in [1.54, 1.807) is 6.92 Å². The Labute approximate surface area is 139 Å². The molecule has 0 saturated heterocycles. The molecule has 2 heterocycles. The number of pyridine rings is 1. The minimum atomic E-state index is -0.342. The van der Waals surface area contributed by atoms with E-state index in [1.807, 2.05) is 13.8 Å². The fraction of sp³-hybridized carbons (Fsp3) is 0.278. The number of halogens is 1. The van der Waals surface area contributed by atoms with E-state index in [-0.39, 0.29) is 5.82 Å². The molecule has 0 aliphatic heterocycles. The monoisotopic (exact) mass is 324 g/mol. The van der Waals surface area contributed by atoms with Gasteiger partial charge in [-0.1, -0.05) is 5.16 Å². The van der Waals surface area contributed by atoms with E-state index < -0.39 is 0 Å². The smallest absolute Gasteiger partial charge is 0.137 e. The van der Waals surface area contributed by atoms with E-state index in [1.165, 1.54) is 18.3 Å². The second kappa shape index (κ2) is 6.28. The lowest BCUT2D eigenvalue weighted by atomic mass is 10.1. The average molecular weight is 324 g/mol. The van der Waals surface area contributed by atoms with E-state index in [2.05, 4.69) is 21.5 Å². The summed E-state index contributed by atoms with van der Waals surface area (Å²) in [6.07, 6.45) is 2.22. The van der Waals surface area contributed by atoms with Crippen LogP contribution in [0.2, 0.25) is 0 Å². The minimum absolute atomic E-state index is 0.342. The Balaban J connectivity index is 1.94. The number of nitriles is 1. The number of anilines is 1. The van der Waals surface area contributed by atoms with Gasteiger partial charge >= 0.3 is 0 Å². The third-order valence-corrected chi connectivity index (χ3v) is 4.11. The van der Waals surface area contributed by atoms with Crippen LogP contribution in [0.3, 0.4) is 0 Å². The van der Waals surface area contributed by atoms with Crippen LogP contribution >= 0.6 is 0 Å². The van der Waals surface area contributed by atoms with Gasteiger partial charge in [-0.15, -0.1) is 0 Å². The van der Waals surface area contributed by atoms with Gasteiger partial charge in [-0.25, -0.2) is 4.39 Å². The van der Waals surface area contributed by atoms with Crippen LogP contribution < -0.4 is 5.32 Å². The minimum Gasteiger partial charge on any atom is -0.383 e. The van der Waals surface area contributed by atoms with Gasteiger partial charge in [0.15, 0.2) is 0 Å². The van der Waals surface area contributed by atoms with Crippen molar-refractivity contribution in [3.63, 3.8) is 0 Å². The Kier molecular flexibility index (Phi) is 4.17. The van der Waals surface area contributed by atoms with E-state index in [0.717, 1.165) is 22.6 Å². The lowest BCUT2D eigenvalue weighted by Gasteiger charge is -2.12. The van der Waals surface area contributed by atoms with Crippen molar-refractivity contribution in [3.8, 4) is 6.07 Å². The molecule has 0 aliphatic rings. The molecule has 0 spiro atoms. The normalized spacial score (nSPS) is 10.8. The highest BCUT2D eigenvalue weighted by atomic mass is 19.1. The summed E-state index contributed by atoms with van der Waals surface area (Å²) in [7, 11) is 0. The van der Waals surface area contributed by atoms with Crippen molar-refractivity contribution >= 4 is 16.6 Å². The van der Waals surface area contributed by atoms with Crippen LogP contribution in [0.5, 0.6) is 0 Å². The highest BCUT2D eigenvalue weighted by molar-refractivity contribution is 5.95. The van der Waals surface area contributed by atoms with Crippen LogP contribution in [0.4, 0.5) is 10.1 Å². The largest absolute Gasteiger partial charge is 0.383 e. The predicted molar refractivity (Wildman–Crippen MR) is 89.3 cm³/mol.